The molecule has 5 nitrogen and oxygen atoms in total. The van der Waals surface area contributed by atoms with Crippen LogP contribution in [0.4, 0.5) is 24.7 Å². The minimum absolute atomic E-state index is 0.0851. The molecule has 0 saturated heterocycles. The summed E-state index contributed by atoms with van der Waals surface area (Å²) >= 11 is 1.47. The Morgan fingerprint density at radius 3 is 2.75 bits per heavy atom. The molecule has 1 aliphatic rings. The summed E-state index contributed by atoms with van der Waals surface area (Å²) in [6.45, 7) is 0.0851. The third kappa shape index (κ3) is 2.71. The monoisotopic (exact) mass is 349 g/mol. The molecule has 1 aliphatic heterocycles. The SMILES string of the molecule is FC(F)(F)c1nccn1Cc1ccc2c(c1)Nc1nccnc1S2. The molecule has 1 aromatic carbocycles. The molecule has 0 unspecified atom stereocenters. The molecular formula is C15H10F3N5S. The quantitative estimate of drug-likeness (QED) is 0.594. The molecule has 1 N–H and O–H groups in total. The van der Waals surface area contributed by atoms with Crippen LogP contribution < -0.4 is 5.32 Å². The average molecular weight is 349 g/mol. The number of alkyl halides is 3. The summed E-state index contributed by atoms with van der Waals surface area (Å²) < 4.78 is 39.8. The molecule has 0 saturated carbocycles. The third-order valence-electron chi connectivity index (χ3n) is 3.49. The summed E-state index contributed by atoms with van der Waals surface area (Å²) in [5, 5.41) is 3.93. The number of hydrogen-bond acceptors (Lipinski definition) is 5. The van der Waals surface area contributed by atoms with Gasteiger partial charge >= 0.3 is 6.18 Å². The molecule has 0 atom stereocenters. The van der Waals surface area contributed by atoms with Crippen LogP contribution in [0.25, 0.3) is 0 Å². The van der Waals surface area contributed by atoms with E-state index in [1.54, 1.807) is 18.5 Å². The summed E-state index contributed by atoms with van der Waals surface area (Å²) in [6.07, 6.45) is 1.21. The number of nitrogens with zero attached hydrogens (tertiary/aromatic N) is 4. The molecule has 0 radical (unpaired) electrons. The van der Waals surface area contributed by atoms with Crippen molar-refractivity contribution in [1.29, 1.82) is 0 Å². The summed E-state index contributed by atoms with van der Waals surface area (Å²) in [6, 6.07) is 5.49. The van der Waals surface area contributed by atoms with Gasteiger partial charge in [0.05, 0.1) is 5.69 Å². The Morgan fingerprint density at radius 2 is 1.92 bits per heavy atom. The van der Waals surface area contributed by atoms with Crippen LogP contribution in [0.2, 0.25) is 0 Å². The van der Waals surface area contributed by atoms with Crippen LogP contribution in [-0.2, 0) is 12.7 Å². The minimum atomic E-state index is -4.47. The van der Waals surface area contributed by atoms with Crippen molar-refractivity contribution in [2.45, 2.75) is 22.6 Å². The third-order valence-corrected chi connectivity index (χ3v) is 4.56. The van der Waals surface area contributed by atoms with E-state index in [1.165, 1.54) is 18.0 Å². The fourth-order valence-corrected chi connectivity index (χ4v) is 3.35. The van der Waals surface area contributed by atoms with Crippen LogP contribution in [0.1, 0.15) is 11.4 Å². The molecule has 122 valence electrons. The van der Waals surface area contributed by atoms with Crippen molar-refractivity contribution in [2.24, 2.45) is 0 Å². The Morgan fingerprint density at radius 1 is 1.08 bits per heavy atom. The largest absolute Gasteiger partial charge is 0.449 e. The first-order valence-electron chi connectivity index (χ1n) is 6.98. The second kappa shape index (κ2) is 5.52. The first-order chi connectivity index (χ1) is 11.5. The van der Waals surface area contributed by atoms with Gasteiger partial charge in [-0.2, -0.15) is 13.2 Å². The molecule has 0 spiro atoms. The van der Waals surface area contributed by atoms with Crippen LogP contribution in [0.15, 0.2) is 52.9 Å². The van der Waals surface area contributed by atoms with Gasteiger partial charge in [0, 0.05) is 36.2 Å². The zero-order valence-electron chi connectivity index (χ0n) is 12.1. The molecule has 0 aliphatic carbocycles. The number of imidazole rings is 1. The highest BCUT2D eigenvalue weighted by molar-refractivity contribution is 7.99. The van der Waals surface area contributed by atoms with Gasteiger partial charge in [-0.1, -0.05) is 17.8 Å². The van der Waals surface area contributed by atoms with E-state index in [9.17, 15) is 13.2 Å². The highest BCUT2D eigenvalue weighted by Crippen LogP contribution is 2.42. The second-order valence-corrected chi connectivity index (χ2v) is 6.17. The number of hydrogen-bond donors (Lipinski definition) is 1. The maximum Gasteiger partial charge on any atom is 0.449 e. The van der Waals surface area contributed by atoms with Gasteiger partial charge in [0.15, 0.2) is 5.82 Å². The van der Waals surface area contributed by atoms with Gasteiger partial charge in [-0.15, -0.1) is 0 Å². The predicted octanol–water partition coefficient (Wildman–Crippen LogP) is 3.95. The van der Waals surface area contributed by atoms with E-state index in [0.29, 0.717) is 5.82 Å². The fraction of sp³-hybridized carbons (Fsp3) is 0.133. The maximum absolute atomic E-state index is 12.9. The first-order valence-corrected chi connectivity index (χ1v) is 7.79. The van der Waals surface area contributed by atoms with Crippen molar-refractivity contribution in [1.82, 2.24) is 19.5 Å². The van der Waals surface area contributed by atoms with Crippen LogP contribution in [0.5, 0.6) is 0 Å². The lowest BCUT2D eigenvalue weighted by molar-refractivity contribution is -0.147. The molecule has 0 bridgehead atoms. The number of halogens is 3. The molecule has 9 heteroatoms. The van der Waals surface area contributed by atoms with Crippen molar-refractivity contribution < 1.29 is 13.2 Å². The average Bonchev–Trinajstić information content (AvgIpc) is 3.01. The van der Waals surface area contributed by atoms with E-state index in [4.69, 9.17) is 0 Å². The highest BCUT2D eigenvalue weighted by Gasteiger charge is 2.36. The minimum Gasteiger partial charge on any atom is -0.337 e. The Balaban J connectivity index is 1.63. The zero-order valence-corrected chi connectivity index (χ0v) is 12.9. The van der Waals surface area contributed by atoms with Crippen molar-refractivity contribution in [3.63, 3.8) is 0 Å². The van der Waals surface area contributed by atoms with Crippen LogP contribution in [0.3, 0.4) is 0 Å². The first kappa shape index (κ1) is 15.0. The lowest BCUT2D eigenvalue weighted by atomic mass is 10.2. The van der Waals surface area contributed by atoms with Gasteiger partial charge < -0.3 is 9.88 Å². The Labute approximate surface area is 139 Å². The summed E-state index contributed by atoms with van der Waals surface area (Å²) in [5.74, 6) is -0.260. The molecule has 3 heterocycles. The van der Waals surface area contributed by atoms with E-state index in [1.807, 2.05) is 12.1 Å². The number of fused-ring (bicyclic) bond motifs is 2. The number of benzene rings is 1. The summed E-state index contributed by atoms with van der Waals surface area (Å²) in [5.41, 5.74) is 1.54. The highest BCUT2D eigenvalue weighted by atomic mass is 32.2. The molecule has 0 amide bonds. The van der Waals surface area contributed by atoms with Crippen molar-refractivity contribution in [3.8, 4) is 0 Å². The van der Waals surface area contributed by atoms with Crippen molar-refractivity contribution in [3.05, 3.63) is 54.4 Å². The number of rotatable bonds is 2. The van der Waals surface area contributed by atoms with Crippen LogP contribution in [0, 0.1) is 0 Å². The van der Waals surface area contributed by atoms with Crippen molar-refractivity contribution in [2.75, 3.05) is 5.32 Å². The molecule has 3 aromatic rings. The Kier molecular flexibility index (Phi) is 3.45. The predicted molar refractivity (Wildman–Crippen MR) is 82.2 cm³/mol. The smallest absolute Gasteiger partial charge is 0.337 e. The number of nitrogens with one attached hydrogen (secondary N) is 1. The lowest BCUT2D eigenvalue weighted by Gasteiger charge is -2.19. The summed E-state index contributed by atoms with van der Waals surface area (Å²) in [4.78, 5) is 12.8. The maximum atomic E-state index is 12.9. The Bertz CT molecular complexity index is 906. The van der Waals surface area contributed by atoms with Gasteiger partial charge in [0.25, 0.3) is 0 Å². The summed E-state index contributed by atoms with van der Waals surface area (Å²) in [7, 11) is 0. The van der Waals surface area contributed by atoms with E-state index in [0.717, 1.165) is 31.9 Å². The second-order valence-electron chi connectivity index (χ2n) is 5.14. The van der Waals surface area contributed by atoms with Gasteiger partial charge in [0.2, 0.25) is 5.82 Å². The van der Waals surface area contributed by atoms with Gasteiger partial charge in [-0.25, -0.2) is 15.0 Å². The van der Waals surface area contributed by atoms with E-state index in [-0.39, 0.29) is 6.54 Å². The van der Waals surface area contributed by atoms with E-state index < -0.39 is 12.0 Å². The molecular weight excluding hydrogens is 339 g/mol. The lowest BCUT2D eigenvalue weighted by Crippen LogP contribution is -2.15. The van der Waals surface area contributed by atoms with Gasteiger partial charge in [-0.05, 0) is 17.7 Å². The standard InChI is InChI=1S/C15H10F3N5S/c16-15(17,18)14-21-5-6-23(14)8-9-1-2-11-10(7-9)22-12-13(24-11)20-4-3-19-12/h1-7H,8H2,(H,19,22). The molecule has 4 rings (SSSR count). The van der Waals surface area contributed by atoms with Gasteiger partial charge in [-0.3, -0.25) is 0 Å². The van der Waals surface area contributed by atoms with Crippen LogP contribution >= 0.6 is 11.8 Å². The number of anilines is 2. The molecule has 2 aromatic heterocycles. The molecule has 24 heavy (non-hydrogen) atoms. The fourth-order valence-electron chi connectivity index (χ4n) is 2.47. The van der Waals surface area contributed by atoms with E-state index in [2.05, 4.69) is 20.3 Å². The van der Waals surface area contributed by atoms with Crippen molar-refractivity contribution >= 4 is 23.3 Å². The normalized spacial score (nSPS) is 13.1. The Hall–Kier alpha value is -2.55. The van der Waals surface area contributed by atoms with E-state index >= 15 is 0 Å². The number of aromatic nitrogens is 4. The topological polar surface area (TPSA) is 55.6 Å². The van der Waals surface area contributed by atoms with Gasteiger partial charge in [0.1, 0.15) is 5.03 Å². The molecule has 0 fully saturated rings. The van der Waals surface area contributed by atoms with Crippen LogP contribution in [-0.4, -0.2) is 19.5 Å². The zero-order chi connectivity index (χ0) is 16.7.